The van der Waals surface area contributed by atoms with Crippen LogP contribution in [-0.4, -0.2) is 33.5 Å². The molecular formula is C24H24N2O6S. The number of amides is 1. The van der Waals surface area contributed by atoms with Crippen LogP contribution in [0.25, 0.3) is 0 Å². The zero-order chi connectivity index (χ0) is 23.8. The van der Waals surface area contributed by atoms with Crippen molar-refractivity contribution in [2.75, 3.05) is 12.4 Å². The third-order valence-electron chi connectivity index (χ3n) is 4.71. The van der Waals surface area contributed by atoms with Crippen LogP contribution in [0.4, 0.5) is 5.69 Å². The Morgan fingerprint density at radius 2 is 1.64 bits per heavy atom. The van der Waals surface area contributed by atoms with Crippen LogP contribution in [-0.2, 0) is 26.1 Å². The molecule has 0 fully saturated rings. The standard InChI is InChI=1S/C24H24N2O6S/c1-17(23(27)26-21-13-6-7-14-22(21)31-2)32-24(28)19-11-8-12-20(15-19)33(29,30)25-16-18-9-4-3-5-10-18/h3-15,17,25H,16H2,1-2H3,(H,26,27)/t17-/m0/s1. The SMILES string of the molecule is COc1ccccc1NC(=O)[C@H](C)OC(=O)c1cccc(S(=O)(=O)NCc2ccccc2)c1. The van der Waals surface area contributed by atoms with Gasteiger partial charge in [-0.15, -0.1) is 0 Å². The number of carbonyl (C=O) groups excluding carboxylic acids is 2. The number of hydrogen-bond acceptors (Lipinski definition) is 6. The largest absolute Gasteiger partial charge is 0.495 e. The maximum Gasteiger partial charge on any atom is 0.338 e. The van der Waals surface area contributed by atoms with Gasteiger partial charge in [0.05, 0.1) is 23.3 Å². The average Bonchev–Trinajstić information content (AvgIpc) is 2.83. The summed E-state index contributed by atoms with van der Waals surface area (Å²) in [5, 5.41) is 2.64. The lowest BCUT2D eigenvalue weighted by atomic mass is 10.2. The minimum atomic E-state index is -3.86. The first-order valence-corrected chi connectivity index (χ1v) is 11.6. The molecule has 33 heavy (non-hydrogen) atoms. The highest BCUT2D eigenvalue weighted by Crippen LogP contribution is 2.23. The second-order valence-electron chi connectivity index (χ2n) is 7.08. The first-order valence-electron chi connectivity index (χ1n) is 10.1. The van der Waals surface area contributed by atoms with Gasteiger partial charge in [-0.3, -0.25) is 4.79 Å². The minimum absolute atomic E-state index is 0.00882. The predicted octanol–water partition coefficient (Wildman–Crippen LogP) is 3.36. The quantitative estimate of drug-likeness (QED) is 0.466. The molecule has 0 aliphatic carbocycles. The van der Waals surface area contributed by atoms with Gasteiger partial charge in [-0.05, 0) is 42.8 Å². The zero-order valence-corrected chi connectivity index (χ0v) is 19.0. The first kappa shape index (κ1) is 24.0. The topological polar surface area (TPSA) is 111 Å². The fourth-order valence-electron chi connectivity index (χ4n) is 2.91. The van der Waals surface area contributed by atoms with Crippen LogP contribution in [0.1, 0.15) is 22.8 Å². The van der Waals surface area contributed by atoms with Gasteiger partial charge in [-0.2, -0.15) is 0 Å². The van der Waals surface area contributed by atoms with E-state index in [-0.39, 0.29) is 17.0 Å². The van der Waals surface area contributed by atoms with Crippen LogP contribution in [0.15, 0.2) is 83.8 Å². The molecule has 0 bridgehead atoms. The van der Waals surface area contributed by atoms with E-state index in [9.17, 15) is 18.0 Å². The molecule has 0 radical (unpaired) electrons. The molecule has 9 heteroatoms. The van der Waals surface area contributed by atoms with Crippen LogP contribution in [0, 0.1) is 0 Å². The fraction of sp³-hybridized carbons (Fsp3) is 0.167. The first-order chi connectivity index (χ1) is 15.8. The molecule has 3 rings (SSSR count). The molecule has 1 atom stereocenters. The Labute approximate surface area is 192 Å². The summed E-state index contributed by atoms with van der Waals surface area (Å²) in [6, 6.07) is 21.3. The molecule has 0 saturated carbocycles. The summed E-state index contributed by atoms with van der Waals surface area (Å²) in [6.07, 6.45) is -1.13. The Bertz CT molecular complexity index is 1230. The molecule has 2 N–H and O–H groups in total. The molecule has 0 spiro atoms. The van der Waals surface area contributed by atoms with Crippen LogP contribution in [0.2, 0.25) is 0 Å². The molecule has 3 aromatic rings. The van der Waals surface area contributed by atoms with E-state index in [0.717, 1.165) is 5.56 Å². The van der Waals surface area contributed by atoms with Crippen molar-refractivity contribution in [3.8, 4) is 5.75 Å². The number of carbonyl (C=O) groups is 2. The number of rotatable bonds is 9. The van der Waals surface area contributed by atoms with Crippen molar-refractivity contribution in [3.63, 3.8) is 0 Å². The number of nitrogens with one attached hydrogen (secondary N) is 2. The lowest BCUT2D eigenvalue weighted by Gasteiger charge is -2.15. The highest BCUT2D eigenvalue weighted by Gasteiger charge is 2.22. The summed E-state index contributed by atoms with van der Waals surface area (Å²) >= 11 is 0. The summed E-state index contributed by atoms with van der Waals surface area (Å²) in [4.78, 5) is 24.9. The van der Waals surface area contributed by atoms with Gasteiger partial charge in [-0.1, -0.05) is 48.5 Å². The third-order valence-corrected chi connectivity index (χ3v) is 6.11. The van der Waals surface area contributed by atoms with Gasteiger partial charge in [0.25, 0.3) is 5.91 Å². The summed E-state index contributed by atoms with van der Waals surface area (Å²) in [5.41, 5.74) is 1.24. The maximum atomic E-state index is 12.6. The molecule has 172 valence electrons. The number of hydrogen-bond donors (Lipinski definition) is 2. The zero-order valence-electron chi connectivity index (χ0n) is 18.1. The van der Waals surface area contributed by atoms with Crippen LogP contribution >= 0.6 is 0 Å². The number of benzene rings is 3. The van der Waals surface area contributed by atoms with E-state index in [1.54, 1.807) is 36.4 Å². The molecule has 3 aromatic carbocycles. The second kappa shape index (κ2) is 10.8. The van der Waals surface area contributed by atoms with Gasteiger partial charge in [0, 0.05) is 6.54 Å². The molecule has 8 nitrogen and oxygen atoms in total. The summed E-state index contributed by atoms with van der Waals surface area (Å²) < 4.78 is 38.2. The van der Waals surface area contributed by atoms with Crippen LogP contribution in [0.3, 0.4) is 0 Å². The summed E-state index contributed by atoms with van der Waals surface area (Å²) in [7, 11) is -2.38. The predicted molar refractivity (Wildman–Crippen MR) is 123 cm³/mol. The van der Waals surface area contributed by atoms with Crippen molar-refractivity contribution in [1.29, 1.82) is 0 Å². The third kappa shape index (κ3) is 6.41. The molecule has 0 saturated heterocycles. The van der Waals surface area contributed by atoms with Crippen molar-refractivity contribution in [1.82, 2.24) is 4.72 Å². The number of anilines is 1. The van der Waals surface area contributed by atoms with E-state index in [0.29, 0.717) is 11.4 Å². The fourth-order valence-corrected chi connectivity index (χ4v) is 3.98. The van der Waals surface area contributed by atoms with Gasteiger partial charge in [-0.25, -0.2) is 17.9 Å². The number of para-hydroxylation sites is 2. The normalized spacial score (nSPS) is 11.9. The van der Waals surface area contributed by atoms with Crippen molar-refractivity contribution in [2.45, 2.75) is 24.5 Å². The highest BCUT2D eigenvalue weighted by molar-refractivity contribution is 7.89. The Morgan fingerprint density at radius 1 is 0.939 bits per heavy atom. The Morgan fingerprint density at radius 3 is 2.36 bits per heavy atom. The molecule has 0 heterocycles. The number of sulfonamides is 1. The van der Waals surface area contributed by atoms with Gasteiger partial charge >= 0.3 is 5.97 Å². The van der Waals surface area contributed by atoms with E-state index in [1.165, 1.54) is 38.3 Å². The minimum Gasteiger partial charge on any atom is -0.495 e. The lowest BCUT2D eigenvalue weighted by molar-refractivity contribution is -0.123. The van der Waals surface area contributed by atoms with E-state index < -0.39 is 28.0 Å². The smallest absolute Gasteiger partial charge is 0.338 e. The summed E-state index contributed by atoms with van der Waals surface area (Å²) in [5.74, 6) is -0.913. The number of methoxy groups -OCH3 is 1. The van der Waals surface area contributed by atoms with Crippen LogP contribution in [0.5, 0.6) is 5.75 Å². The van der Waals surface area contributed by atoms with E-state index in [4.69, 9.17) is 9.47 Å². The molecule has 1 amide bonds. The Balaban J connectivity index is 1.65. The summed E-state index contributed by atoms with van der Waals surface area (Å²) in [6.45, 7) is 1.53. The van der Waals surface area contributed by atoms with Crippen molar-refractivity contribution in [3.05, 3.63) is 90.0 Å². The number of ether oxygens (including phenoxy) is 2. The molecule has 0 aliphatic rings. The van der Waals surface area contributed by atoms with Crippen molar-refractivity contribution < 1.29 is 27.5 Å². The molecular weight excluding hydrogens is 444 g/mol. The average molecular weight is 469 g/mol. The van der Waals surface area contributed by atoms with Gasteiger partial charge in [0.2, 0.25) is 10.0 Å². The lowest BCUT2D eigenvalue weighted by Crippen LogP contribution is -2.30. The highest BCUT2D eigenvalue weighted by atomic mass is 32.2. The van der Waals surface area contributed by atoms with E-state index >= 15 is 0 Å². The van der Waals surface area contributed by atoms with E-state index in [1.807, 2.05) is 18.2 Å². The monoisotopic (exact) mass is 468 g/mol. The van der Waals surface area contributed by atoms with Crippen molar-refractivity contribution >= 4 is 27.6 Å². The Hall–Kier alpha value is -3.69. The Kier molecular flexibility index (Phi) is 7.81. The van der Waals surface area contributed by atoms with Gasteiger partial charge in [0.15, 0.2) is 6.10 Å². The molecule has 0 aliphatic heterocycles. The van der Waals surface area contributed by atoms with E-state index in [2.05, 4.69) is 10.0 Å². The van der Waals surface area contributed by atoms with Crippen molar-refractivity contribution in [2.24, 2.45) is 0 Å². The molecule has 0 unspecified atom stereocenters. The number of esters is 1. The van der Waals surface area contributed by atoms with Gasteiger partial charge in [0.1, 0.15) is 5.75 Å². The van der Waals surface area contributed by atoms with Crippen LogP contribution < -0.4 is 14.8 Å². The maximum absolute atomic E-state index is 12.6. The van der Waals surface area contributed by atoms with Gasteiger partial charge < -0.3 is 14.8 Å². The second-order valence-corrected chi connectivity index (χ2v) is 8.84. The molecule has 0 aromatic heterocycles.